The first-order chi connectivity index (χ1) is 17.9. The van der Waals surface area contributed by atoms with E-state index in [1.165, 1.54) is 24.5 Å². The van der Waals surface area contributed by atoms with E-state index in [-0.39, 0.29) is 23.3 Å². The highest BCUT2D eigenvalue weighted by atomic mass is 35.5. The van der Waals surface area contributed by atoms with Crippen molar-refractivity contribution in [2.45, 2.75) is 18.8 Å². The third kappa shape index (κ3) is 5.56. The lowest BCUT2D eigenvalue weighted by molar-refractivity contribution is -0.149. The normalized spacial score (nSPS) is 22.4. The fraction of sp³-hybridized carbons (Fsp3) is 0.400. The molecule has 1 aromatic heterocycles. The number of hydrogen-bond acceptors (Lipinski definition) is 5. The topological polar surface area (TPSA) is 91.0 Å². The number of hydrogen-bond donors (Lipinski definition) is 3. The number of piperazine rings is 1. The molecule has 0 spiro atoms. The second-order valence-corrected chi connectivity index (χ2v) is 9.69. The lowest BCUT2D eigenvalue weighted by Gasteiger charge is -2.45. The molecule has 2 aliphatic rings. The Bertz CT molecular complexity index is 1250. The molecule has 4 rings (SSSR count). The first-order valence-corrected chi connectivity index (χ1v) is 12.3. The summed E-state index contributed by atoms with van der Waals surface area (Å²) in [4.78, 5) is 21.0. The first-order valence-electron chi connectivity index (χ1n) is 12.0. The summed E-state index contributed by atoms with van der Waals surface area (Å²) in [5, 5.41) is 11.8. The highest BCUT2D eigenvalue weighted by Crippen LogP contribution is 2.36. The van der Waals surface area contributed by atoms with Crippen LogP contribution in [0.3, 0.4) is 0 Å². The molecule has 1 amide bonds. The van der Waals surface area contributed by atoms with E-state index in [0.717, 1.165) is 12.2 Å². The number of benzene rings is 1. The predicted octanol–water partition coefficient (Wildman–Crippen LogP) is 2.09. The number of imidazole rings is 1. The fourth-order valence-electron chi connectivity index (χ4n) is 4.60. The van der Waals surface area contributed by atoms with Gasteiger partial charge in [0.1, 0.15) is 11.5 Å². The number of alkyl halides is 3. The second-order valence-electron chi connectivity index (χ2n) is 9.28. The van der Waals surface area contributed by atoms with E-state index < -0.39 is 17.8 Å². The van der Waals surface area contributed by atoms with Crippen LogP contribution in [0.25, 0.3) is 11.3 Å². The summed E-state index contributed by atoms with van der Waals surface area (Å²) < 4.78 is 54.9. The Hall–Kier alpha value is -3.38. The molecule has 2 unspecified atom stereocenters. The number of nitrogens with two attached hydrogens (primary N) is 1. The maximum Gasteiger partial charge on any atom is 0.398 e. The minimum Gasteiger partial charge on any atom is -0.369 e. The summed E-state index contributed by atoms with van der Waals surface area (Å²) in [5.41, 5.74) is 0.325. The van der Waals surface area contributed by atoms with Gasteiger partial charge in [-0.1, -0.05) is 23.8 Å². The van der Waals surface area contributed by atoms with Crippen LogP contribution in [-0.2, 0) is 11.8 Å². The number of nitrogens with one attached hydrogen (secondary N) is 2. The standard InChI is InChI=1S/C25H28ClF4N7O/c1-24(19(26)13-17(7-8-33-24)25(28,29)30)37-11-9-36(10-12-37)21(38)15-32-23-22(35(2)20(14-31)34-23)16-3-5-18(27)6-4-16/h3-8,13-14,17,31-33H,9-12,15H2,1-2H3/p+1. The smallest absolute Gasteiger partial charge is 0.369 e. The van der Waals surface area contributed by atoms with Crippen molar-refractivity contribution >= 4 is 29.5 Å². The van der Waals surface area contributed by atoms with Crippen LogP contribution in [0.5, 0.6) is 0 Å². The number of aromatic nitrogens is 2. The molecule has 2 atom stereocenters. The summed E-state index contributed by atoms with van der Waals surface area (Å²) >= 11 is 6.36. The summed E-state index contributed by atoms with van der Waals surface area (Å²) in [6.07, 6.45) is 0.231. The Labute approximate surface area is 222 Å². The number of nitrogens with zero attached hydrogens (tertiary/aromatic N) is 4. The van der Waals surface area contributed by atoms with Crippen LogP contribution in [-0.4, -0.2) is 76.0 Å². The van der Waals surface area contributed by atoms with Gasteiger partial charge in [0, 0.05) is 38.8 Å². The van der Waals surface area contributed by atoms with Crippen molar-refractivity contribution in [1.29, 1.82) is 0 Å². The van der Waals surface area contributed by atoms with Crippen LogP contribution in [0.1, 0.15) is 12.7 Å². The molecule has 4 N–H and O–H groups in total. The zero-order valence-corrected chi connectivity index (χ0v) is 21.7. The van der Waals surface area contributed by atoms with Gasteiger partial charge in [-0.25, -0.2) is 9.37 Å². The first kappa shape index (κ1) is 27.6. The van der Waals surface area contributed by atoms with Crippen molar-refractivity contribution in [3.63, 3.8) is 0 Å². The fourth-order valence-corrected chi connectivity index (χ4v) is 4.91. The molecule has 0 aliphatic carbocycles. The van der Waals surface area contributed by atoms with Gasteiger partial charge in [-0.15, -0.1) is 0 Å². The van der Waals surface area contributed by atoms with Crippen LogP contribution in [0.15, 0.2) is 47.6 Å². The van der Waals surface area contributed by atoms with Gasteiger partial charge in [0.15, 0.2) is 11.6 Å². The summed E-state index contributed by atoms with van der Waals surface area (Å²) in [6.45, 7) is 3.22. The zero-order valence-electron chi connectivity index (χ0n) is 20.9. The van der Waals surface area contributed by atoms with E-state index in [1.54, 1.807) is 35.6 Å². The van der Waals surface area contributed by atoms with Gasteiger partial charge in [-0.3, -0.25) is 15.1 Å². The van der Waals surface area contributed by atoms with E-state index in [1.807, 2.05) is 4.90 Å². The van der Waals surface area contributed by atoms with E-state index >= 15 is 0 Å². The molecular weight excluding hydrogens is 526 g/mol. The van der Waals surface area contributed by atoms with Gasteiger partial charge >= 0.3 is 6.18 Å². The third-order valence-electron chi connectivity index (χ3n) is 6.91. The molecule has 13 heteroatoms. The molecule has 0 saturated carbocycles. The van der Waals surface area contributed by atoms with Gasteiger partial charge < -0.3 is 20.1 Å². The van der Waals surface area contributed by atoms with Crippen LogP contribution in [0.4, 0.5) is 23.4 Å². The Morgan fingerprint density at radius 3 is 2.53 bits per heavy atom. The van der Waals surface area contributed by atoms with Crippen molar-refractivity contribution in [1.82, 2.24) is 24.7 Å². The summed E-state index contributed by atoms with van der Waals surface area (Å²) in [5.74, 6) is -1.41. The molecule has 8 nitrogen and oxygen atoms in total. The van der Waals surface area contributed by atoms with E-state index in [2.05, 4.69) is 15.6 Å². The average Bonchev–Trinajstić information content (AvgIpc) is 3.11. The van der Waals surface area contributed by atoms with Gasteiger partial charge in [0.25, 0.3) is 0 Å². The number of rotatable bonds is 6. The van der Waals surface area contributed by atoms with Gasteiger partial charge in [-0.2, -0.15) is 13.2 Å². The van der Waals surface area contributed by atoms with Gasteiger partial charge in [0.2, 0.25) is 12.1 Å². The molecule has 0 radical (unpaired) electrons. The van der Waals surface area contributed by atoms with Crippen LogP contribution in [0, 0.1) is 11.7 Å². The monoisotopic (exact) mass is 554 g/mol. The van der Waals surface area contributed by atoms with Crippen molar-refractivity contribution in [3.8, 4) is 11.3 Å². The molecular formula is C25H29ClF4N7O+. The Kier molecular flexibility index (Phi) is 7.84. The maximum atomic E-state index is 13.4. The van der Waals surface area contributed by atoms with Crippen molar-refractivity contribution in [2.24, 2.45) is 13.0 Å². The molecule has 2 aromatic rings. The van der Waals surface area contributed by atoms with E-state index in [4.69, 9.17) is 17.0 Å². The highest BCUT2D eigenvalue weighted by Gasteiger charge is 2.43. The maximum absolute atomic E-state index is 13.4. The minimum absolute atomic E-state index is 0.0403. The zero-order chi connectivity index (χ0) is 27.7. The summed E-state index contributed by atoms with van der Waals surface area (Å²) in [7, 11) is 1.77. The quantitative estimate of drug-likeness (QED) is 0.376. The average molecular weight is 555 g/mol. The van der Waals surface area contributed by atoms with Gasteiger partial charge in [0.05, 0.1) is 23.2 Å². The highest BCUT2D eigenvalue weighted by molar-refractivity contribution is 6.30. The van der Waals surface area contributed by atoms with Crippen LogP contribution in [0.2, 0.25) is 0 Å². The molecule has 38 heavy (non-hydrogen) atoms. The Morgan fingerprint density at radius 2 is 1.92 bits per heavy atom. The molecule has 1 saturated heterocycles. The molecule has 3 heterocycles. The number of allylic oxidation sites excluding steroid dienone is 2. The van der Waals surface area contributed by atoms with Crippen LogP contribution < -0.4 is 16.0 Å². The van der Waals surface area contributed by atoms with Crippen LogP contribution >= 0.6 is 11.6 Å². The number of anilines is 1. The molecule has 1 aromatic carbocycles. The number of carbonyl (C=O) groups is 1. The number of halogens is 5. The van der Waals surface area contributed by atoms with Gasteiger partial charge in [-0.05, 0) is 37.4 Å². The summed E-state index contributed by atoms with van der Waals surface area (Å²) in [6, 6.07) is 5.92. The third-order valence-corrected chi connectivity index (χ3v) is 7.40. The number of carbonyl (C=O) groups excluding carboxylic acids is 1. The van der Waals surface area contributed by atoms with Crippen molar-refractivity contribution in [3.05, 3.63) is 59.3 Å². The molecule has 1 fully saturated rings. The van der Waals surface area contributed by atoms with Crippen molar-refractivity contribution in [2.75, 3.05) is 38.0 Å². The minimum atomic E-state index is -4.44. The predicted molar refractivity (Wildman–Crippen MR) is 136 cm³/mol. The lowest BCUT2D eigenvalue weighted by atomic mass is 10.0. The van der Waals surface area contributed by atoms with E-state index in [9.17, 15) is 22.4 Å². The molecule has 2 aliphatic heterocycles. The second kappa shape index (κ2) is 10.8. The van der Waals surface area contributed by atoms with E-state index in [0.29, 0.717) is 49.1 Å². The largest absolute Gasteiger partial charge is 0.398 e. The lowest BCUT2D eigenvalue weighted by Crippen LogP contribution is -2.62. The van der Waals surface area contributed by atoms with Crippen molar-refractivity contribution < 1.29 is 27.8 Å². The SMILES string of the molecule is Cn1c(C=[NH2+])nc(NCC(=O)N2CCN(C3(C)NC=CC(C(F)(F)F)C=C3Cl)CC2)c1-c1ccc(F)cc1. The Balaban J connectivity index is 1.40. The Morgan fingerprint density at radius 1 is 1.26 bits per heavy atom. The molecule has 0 bridgehead atoms. The molecule has 204 valence electrons. The number of amides is 1.